The van der Waals surface area contributed by atoms with Crippen LogP contribution >= 0.6 is 23.4 Å². The first-order valence-corrected chi connectivity index (χ1v) is 9.41. The van der Waals surface area contributed by atoms with Crippen LogP contribution in [-0.4, -0.2) is 19.0 Å². The van der Waals surface area contributed by atoms with Crippen molar-refractivity contribution in [3.05, 3.63) is 99.3 Å². The highest BCUT2D eigenvalue weighted by Gasteiger charge is 2.09. The maximum Gasteiger partial charge on any atom is 0.273 e. The van der Waals surface area contributed by atoms with Gasteiger partial charge in [0.1, 0.15) is 0 Å². The number of nitrogens with zero attached hydrogens (tertiary/aromatic N) is 4. The first kappa shape index (κ1) is 18.6. The van der Waals surface area contributed by atoms with E-state index in [0.29, 0.717) is 29.6 Å². The van der Waals surface area contributed by atoms with Crippen molar-refractivity contribution >= 4 is 29.0 Å². The van der Waals surface area contributed by atoms with Gasteiger partial charge in [-0.15, -0.1) is 5.10 Å². The first-order chi connectivity index (χ1) is 13.6. The molecule has 0 aliphatic heterocycles. The van der Waals surface area contributed by atoms with E-state index in [9.17, 15) is 4.79 Å². The number of fused-ring (bicyclic) bond motifs is 1. The van der Waals surface area contributed by atoms with E-state index in [-0.39, 0.29) is 5.56 Å². The maximum absolute atomic E-state index is 12.6. The van der Waals surface area contributed by atoms with Crippen LogP contribution in [0.2, 0.25) is 5.02 Å². The molecule has 0 fully saturated rings. The van der Waals surface area contributed by atoms with Crippen molar-refractivity contribution < 1.29 is 0 Å². The SMILES string of the molecule is O=c1cc(CN(Cl)Cc2ccccc2)ccc2nc(-c3ccc(Cl)cc3)nn12. The van der Waals surface area contributed by atoms with Crippen LogP contribution in [0.25, 0.3) is 17.0 Å². The summed E-state index contributed by atoms with van der Waals surface area (Å²) in [5, 5.41) is 4.98. The Hall–Kier alpha value is -2.73. The van der Waals surface area contributed by atoms with Crippen molar-refractivity contribution in [2.45, 2.75) is 13.1 Å². The van der Waals surface area contributed by atoms with Gasteiger partial charge in [-0.3, -0.25) is 4.79 Å². The van der Waals surface area contributed by atoms with Crippen molar-refractivity contribution in [2.24, 2.45) is 0 Å². The Morgan fingerprint density at radius 1 is 0.893 bits per heavy atom. The van der Waals surface area contributed by atoms with Gasteiger partial charge in [0.15, 0.2) is 11.5 Å². The van der Waals surface area contributed by atoms with Crippen LogP contribution < -0.4 is 5.56 Å². The fourth-order valence-corrected chi connectivity index (χ4v) is 3.30. The Bertz CT molecular complexity index is 1160. The van der Waals surface area contributed by atoms with Crippen LogP contribution in [0.15, 0.2) is 77.6 Å². The molecule has 0 aliphatic rings. The van der Waals surface area contributed by atoms with Crippen molar-refractivity contribution in [1.82, 2.24) is 19.0 Å². The normalized spacial score (nSPS) is 11.2. The summed E-state index contributed by atoms with van der Waals surface area (Å²) in [7, 11) is 0. The third kappa shape index (κ3) is 4.22. The molecule has 140 valence electrons. The van der Waals surface area contributed by atoms with Crippen LogP contribution in [0.5, 0.6) is 0 Å². The van der Waals surface area contributed by atoms with Crippen molar-refractivity contribution in [3.8, 4) is 11.4 Å². The monoisotopic (exact) mass is 410 g/mol. The lowest BCUT2D eigenvalue weighted by atomic mass is 10.2. The molecule has 0 saturated heterocycles. The van der Waals surface area contributed by atoms with Crippen molar-refractivity contribution in [3.63, 3.8) is 0 Å². The Morgan fingerprint density at radius 2 is 1.61 bits per heavy atom. The molecule has 0 amide bonds. The highest BCUT2D eigenvalue weighted by Crippen LogP contribution is 2.18. The van der Waals surface area contributed by atoms with E-state index >= 15 is 0 Å². The van der Waals surface area contributed by atoms with Gasteiger partial charge < -0.3 is 0 Å². The molecule has 28 heavy (non-hydrogen) atoms. The van der Waals surface area contributed by atoms with Gasteiger partial charge in [0, 0.05) is 29.7 Å². The van der Waals surface area contributed by atoms with E-state index in [1.165, 1.54) is 10.6 Å². The second-order valence-corrected chi connectivity index (χ2v) is 7.28. The van der Waals surface area contributed by atoms with Gasteiger partial charge >= 0.3 is 0 Å². The average Bonchev–Trinajstić information content (AvgIpc) is 3.06. The van der Waals surface area contributed by atoms with Crippen LogP contribution in [-0.2, 0) is 13.1 Å². The largest absolute Gasteiger partial charge is 0.273 e. The smallest absolute Gasteiger partial charge is 0.267 e. The molecule has 4 rings (SSSR count). The van der Waals surface area contributed by atoms with Gasteiger partial charge in [-0.25, -0.2) is 9.40 Å². The lowest BCUT2D eigenvalue weighted by Crippen LogP contribution is -2.14. The van der Waals surface area contributed by atoms with E-state index in [1.54, 1.807) is 22.6 Å². The third-order valence-electron chi connectivity index (χ3n) is 4.25. The predicted molar refractivity (Wildman–Crippen MR) is 111 cm³/mol. The lowest BCUT2D eigenvalue weighted by Gasteiger charge is -2.12. The van der Waals surface area contributed by atoms with Crippen LogP contribution in [0, 0.1) is 0 Å². The van der Waals surface area contributed by atoms with Crippen molar-refractivity contribution in [1.29, 1.82) is 0 Å². The highest BCUT2D eigenvalue weighted by atomic mass is 35.5. The van der Waals surface area contributed by atoms with E-state index in [2.05, 4.69) is 10.1 Å². The molecule has 0 aliphatic carbocycles. The minimum absolute atomic E-state index is 0.257. The van der Waals surface area contributed by atoms with E-state index in [4.69, 9.17) is 23.4 Å². The van der Waals surface area contributed by atoms with Crippen LogP contribution in [0.3, 0.4) is 0 Å². The van der Waals surface area contributed by atoms with E-state index in [0.717, 1.165) is 16.7 Å². The molecule has 2 aromatic carbocycles. The second-order valence-electron chi connectivity index (χ2n) is 6.37. The second kappa shape index (κ2) is 8.10. The van der Waals surface area contributed by atoms with Crippen molar-refractivity contribution in [2.75, 3.05) is 0 Å². The molecule has 0 saturated carbocycles. The summed E-state index contributed by atoms with van der Waals surface area (Å²) in [4.78, 5) is 17.1. The Kier molecular flexibility index (Phi) is 5.39. The molecule has 0 N–H and O–H groups in total. The first-order valence-electron chi connectivity index (χ1n) is 8.69. The Labute approximate surface area is 171 Å². The molecule has 0 spiro atoms. The zero-order valence-corrected chi connectivity index (χ0v) is 16.3. The molecule has 7 heteroatoms. The number of aromatic nitrogens is 3. The summed E-state index contributed by atoms with van der Waals surface area (Å²) >= 11 is 12.3. The molecule has 0 bridgehead atoms. The molecule has 2 aromatic heterocycles. The molecule has 0 atom stereocenters. The van der Waals surface area contributed by atoms with Crippen LogP contribution in [0.4, 0.5) is 0 Å². The number of benzene rings is 2. The molecule has 0 radical (unpaired) electrons. The zero-order valence-electron chi connectivity index (χ0n) is 14.8. The molecular formula is C21H16Cl2N4O. The molecule has 0 unspecified atom stereocenters. The van der Waals surface area contributed by atoms with E-state index in [1.807, 2.05) is 48.5 Å². The topological polar surface area (TPSA) is 50.5 Å². The Balaban J connectivity index is 1.59. The van der Waals surface area contributed by atoms with Gasteiger partial charge in [-0.1, -0.05) is 48.0 Å². The van der Waals surface area contributed by atoms with Gasteiger partial charge in [-0.2, -0.15) is 4.52 Å². The highest BCUT2D eigenvalue weighted by molar-refractivity contribution is 6.30. The number of halogens is 2. The number of hydrogen-bond acceptors (Lipinski definition) is 4. The molecule has 4 aromatic rings. The summed E-state index contributed by atoms with van der Waals surface area (Å²) in [5.74, 6) is 0.476. The fraction of sp³-hybridized carbons (Fsp3) is 0.0952. The van der Waals surface area contributed by atoms with Gasteiger partial charge in [0.05, 0.1) is 0 Å². The van der Waals surface area contributed by atoms with Crippen LogP contribution in [0.1, 0.15) is 11.1 Å². The quantitative estimate of drug-likeness (QED) is 0.452. The average molecular weight is 411 g/mol. The molecular weight excluding hydrogens is 395 g/mol. The summed E-state index contributed by atoms with van der Waals surface area (Å²) in [6.45, 7) is 0.999. The minimum atomic E-state index is -0.257. The van der Waals surface area contributed by atoms with Gasteiger partial charge in [0.25, 0.3) is 5.56 Å². The van der Waals surface area contributed by atoms with E-state index < -0.39 is 0 Å². The Morgan fingerprint density at radius 3 is 2.36 bits per heavy atom. The molecule has 2 heterocycles. The zero-order chi connectivity index (χ0) is 19.5. The maximum atomic E-state index is 12.6. The number of hydrogen-bond donors (Lipinski definition) is 0. The third-order valence-corrected chi connectivity index (χ3v) is 4.74. The summed E-state index contributed by atoms with van der Waals surface area (Å²) in [6.07, 6.45) is 0. The minimum Gasteiger partial charge on any atom is -0.267 e. The lowest BCUT2D eigenvalue weighted by molar-refractivity contribution is 0.445. The standard InChI is InChI=1S/C21H16Cl2N4O/c22-18-9-7-17(8-10-18)21-24-19-11-6-16(12-20(28)27(19)25-21)14-26(23)13-15-4-2-1-3-5-15/h1-12H,13-14H2. The van der Waals surface area contributed by atoms with Gasteiger partial charge in [-0.05, 0) is 53.2 Å². The number of rotatable bonds is 5. The summed E-state index contributed by atoms with van der Waals surface area (Å²) < 4.78 is 2.93. The fourth-order valence-electron chi connectivity index (χ4n) is 2.90. The van der Waals surface area contributed by atoms with Gasteiger partial charge in [0.2, 0.25) is 0 Å². The summed E-state index contributed by atoms with van der Waals surface area (Å²) in [6, 6.07) is 22.2. The summed E-state index contributed by atoms with van der Waals surface area (Å²) in [5.41, 5.74) is 2.91. The predicted octanol–water partition coefficient (Wildman–Crippen LogP) is 4.57. The molecule has 5 nitrogen and oxygen atoms in total.